The number of rotatable bonds is 5. The Balaban J connectivity index is 1.43. The highest BCUT2D eigenvalue weighted by molar-refractivity contribution is 5.92. The van der Waals surface area contributed by atoms with E-state index in [1.54, 1.807) is 41.5 Å². The zero-order valence-corrected chi connectivity index (χ0v) is 16.5. The molecule has 0 fully saturated rings. The van der Waals surface area contributed by atoms with Crippen molar-refractivity contribution in [3.8, 4) is 0 Å². The molecule has 0 spiro atoms. The van der Waals surface area contributed by atoms with Gasteiger partial charge in [0.05, 0.1) is 12.0 Å². The topological polar surface area (TPSA) is 97.9 Å². The van der Waals surface area contributed by atoms with Gasteiger partial charge in [0.25, 0.3) is 11.8 Å². The molecule has 3 aromatic rings. The summed E-state index contributed by atoms with van der Waals surface area (Å²) in [6, 6.07) is 5.23. The molecule has 1 aliphatic heterocycles. The minimum Gasteiger partial charge on any atom is -0.350 e. The highest BCUT2D eigenvalue weighted by atomic mass is 16.2. The molecule has 9 heteroatoms. The molecule has 0 aromatic carbocycles. The molecule has 0 bridgehead atoms. The fourth-order valence-corrected chi connectivity index (χ4v) is 3.61. The molecular formula is C20H23N7O2. The first kappa shape index (κ1) is 18.9. The van der Waals surface area contributed by atoms with E-state index in [0.717, 1.165) is 23.4 Å². The second kappa shape index (κ2) is 7.86. The molecule has 0 saturated carbocycles. The van der Waals surface area contributed by atoms with Gasteiger partial charge in [0.15, 0.2) is 0 Å². The summed E-state index contributed by atoms with van der Waals surface area (Å²) in [4.78, 5) is 35.0. The van der Waals surface area contributed by atoms with Gasteiger partial charge in [0, 0.05) is 70.2 Å². The van der Waals surface area contributed by atoms with Gasteiger partial charge >= 0.3 is 0 Å². The predicted molar refractivity (Wildman–Crippen MR) is 105 cm³/mol. The Morgan fingerprint density at radius 3 is 2.76 bits per heavy atom. The molecule has 1 N–H and O–H groups in total. The Hall–Kier alpha value is -3.49. The second-order valence-corrected chi connectivity index (χ2v) is 7.12. The lowest BCUT2D eigenvalue weighted by Gasteiger charge is -2.27. The van der Waals surface area contributed by atoms with Gasteiger partial charge in [0.2, 0.25) is 0 Å². The molecule has 0 saturated heterocycles. The monoisotopic (exact) mass is 393 g/mol. The zero-order valence-electron chi connectivity index (χ0n) is 16.5. The summed E-state index contributed by atoms with van der Waals surface area (Å²) < 4.78 is 3.65. The van der Waals surface area contributed by atoms with E-state index in [1.807, 2.05) is 23.7 Å². The number of aryl methyl sites for hydroxylation is 2. The summed E-state index contributed by atoms with van der Waals surface area (Å²) in [5, 5.41) is 7.51. The number of imidazole rings is 1. The van der Waals surface area contributed by atoms with Crippen LogP contribution in [0.5, 0.6) is 0 Å². The Morgan fingerprint density at radius 2 is 2.03 bits per heavy atom. The van der Waals surface area contributed by atoms with E-state index in [9.17, 15) is 9.59 Å². The van der Waals surface area contributed by atoms with Gasteiger partial charge in [-0.1, -0.05) is 6.07 Å². The van der Waals surface area contributed by atoms with Crippen molar-refractivity contribution in [2.45, 2.75) is 19.4 Å². The molecule has 2 amide bonds. The molecule has 9 nitrogen and oxygen atoms in total. The summed E-state index contributed by atoms with van der Waals surface area (Å²) in [6.45, 7) is 1.59. The summed E-state index contributed by atoms with van der Waals surface area (Å²) >= 11 is 0. The van der Waals surface area contributed by atoms with E-state index in [0.29, 0.717) is 37.4 Å². The number of nitrogens with one attached hydrogen (secondary N) is 1. The van der Waals surface area contributed by atoms with Crippen molar-refractivity contribution in [3.05, 3.63) is 65.3 Å². The van der Waals surface area contributed by atoms with Crippen LogP contribution in [0.1, 0.15) is 37.9 Å². The highest BCUT2D eigenvalue weighted by Crippen LogP contribution is 2.23. The van der Waals surface area contributed by atoms with Gasteiger partial charge < -0.3 is 14.8 Å². The standard InChI is InChI=1S/C20H23N7O2/c1-25-12-17(23-13-25)20(29)27-10-7-18-14(11-27)15(24-26(18)2)6-9-22-19(28)16-5-3-4-8-21-16/h3-5,8,12-13H,6-7,9-11H2,1-2H3,(H,22,28). The molecular weight excluding hydrogens is 370 g/mol. The number of pyridine rings is 1. The van der Waals surface area contributed by atoms with Crippen LogP contribution in [0.25, 0.3) is 0 Å². The van der Waals surface area contributed by atoms with Gasteiger partial charge in [-0.25, -0.2) is 4.98 Å². The molecule has 4 heterocycles. The average Bonchev–Trinajstić information content (AvgIpc) is 3.31. The van der Waals surface area contributed by atoms with Gasteiger partial charge in [-0.05, 0) is 12.1 Å². The van der Waals surface area contributed by atoms with E-state index >= 15 is 0 Å². The summed E-state index contributed by atoms with van der Waals surface area (Å²) in [7, 11) is 3.77. The van der Waals surface area contributed by atoms with Crippen LogP contribution in [0.4, 0.5) is 0 Å². The van der Waals surface area contributed by atoms with Gasteiger partial charge in [0.1, 0.15) is 11.4 Å². The Labute approximate surface area is 168 Å². The first-order valence-electron chi connectivity index (χ1n) is 9.53. The summed E-state index contributed by atoms with van der Waals surface area (Å²) in [5.41, 5.74) is 3.95. The lowest BCUT2D eigenvalue weighted by Crippen LogP contribution is -2.36. The number of amides is 2. The van der Waals surface area contributed by atoms with Crippen molar-refractivity contribution in [3.63, 3.8) is 0 Å². The van der Waals surface area contributed by atoms with E-state index in [1.165, 1.54) is 0 Å². The van der Waals surface area contributed by atoms with Crippen LogP contribution >= 0.6 is 0 Å². The molecule has 3 aromatic heterocycles. The highest BCUT2D eigenvalue weighted by Gasteiger charge is 2.28. The maximum Gasteiger partial charge on any atom is 0.274 e. The number of hydrogen-bond acceptors (Lipinski definition) is 5. The molecule has 1 aliphatic rings. The van der Waals surface area contributed by atoms with Crippen molar-refractivity contribution < 1.29 is 9.59 Å². The Bertz CT molecular complexity index is 1040. The lowest BCUT2D eigenvalue weighted by atomic mass is 10.0. The smallest absolute Gasteiger partial charge is 0.274 e. The molecule has 150 valence electrons. The van der Waals surface area contributed by atoms with E-state index < -0.39 is 0 Å². The van der Waals surface area contributed by atoms with Crippen molar-refractivity contribution in [1.82, 2.24) is 34.5 Å². The second-order valence-electron chi connectivity index (χ2n) is 7.12. The molecule has 0 atom stereocenters. The third-order valence-electron chi connectivity index (χ3n) is 5.08. The number of fused-ring (bicyclic) bond motifs is 1. The first-order chi connectivity index (χ1) is 14.0. The fraction of sp³-hybridized carbons (Fsp3) is 0.350. The van der Waals surface area contributed by atoms with Crippen LogP contribution in [0.15, 0.2) is 36.9 Å². The maximum atomic E-state index is 12.8. The van der Waals surface area contributed by atoms with Gasteiger partial charge in [-0.3, -0.25) is 19.3 Å². The van der Waals surface area contributed by atoms with Crippen LogP contribution in [0, 0.1) is 0 Å². The Kier molecular flexibility index (Phi) is 5.11. The fourth-order valence-electron chi connectivity index (χ4n) is 3.61. The zero-order chi connectivity index (χ0) is 20.4. The van der Waals surface area contributed by atoms with Crippen LogP contribution < -0.4 is 5.32 Å². The number of carbonyl (C=O) groups is 2. The van der Waals surface area contributed by atoms with Crippen LogP contribution in [0.2, 0.25) is 0 Å². The minimum atomic E-state index is -0.206. The quantitative estimate of drug-likeness (QED) is 0.689. The van der Waals surface area contributed by atoms with E-state index in [4.69, 9.17) is 0 Å². The minimum absolute atomic E-state index is 0.0745. The van der Waals surface area contributed by atoms with Crippen molar-refractivity contribution >= 4 is 11.8 Å². The number of carbonyl (C=O) groups excluding carboxylic acids is 2. The number of aromatic nitrogens is 5. The summed E-state index contributed by atoms with van der Waals surface area (Å²) in [5.74, 6) is -0.281. The SMILES string of the molecule is Cn1cnc(C(=O)N2CCc3c(c(CCNC(=O)c4ccccn4)nn3C)C2)c1. The normalized spacial score (nSPS) is 13.2. The number of nitrogens with zero attached hydrogens (tertiary/aromatic N) is 6. The molecule has 0 radical (unpaired) electrons. The summed E-state index contributed by atoms with van der Waals surface area (Å²) in [6.07, 6.45) is 6.29. The molecule has 29 heavy (non-hydrogen) atoms. The molecule has 4 rings (SSSR count). The first-order valence-corrected chi connectivity index (χ1v) is 9.53. The predicted octanol–water partition coefficient (Wildman–Crippen LogP) is 0.720. The lowest BCUT2D eigenvalue weighted by molar-refractivity contribution is 0.0727. The van der Waals surface area contributed by atoms with E-state index in [2.05, 4.69) is 20.4 Å². The van der Waals surface area contributed by atoms with Crippen LogP contribution in [-0.4, -0.2) is 54.1 Å². The van der Waals surface area contributed by atoms with E-state index in [-0.39, 0.29) is 11.8 Å². The van der Waals surface area contributed by atoms with Crippen molar-refractivity contribution in [1.29, 1.82) is 0 Å². The third-order valence-corrected chi connectivity index (χ3v) is 5.08. The van der Waals surface area contributed by atoms with Crippen molar-refractivity contribution in [2.24, 2.45) is 14.1 Å². The largest absolute Gasteiger partial charge is 0.350 e. The van der Waals surface area contributed by atoms with Gasteiger partial charge in [-0.15, -0.1) is 0 Å². The maximum absolute atomic E-state index is 12.8. The molecule has 0 unspecified atom stereocenters. The van der Waals surface area contributed by atoms with Crippen LogP contribution in [-0.2, 0) is 33.5 Å². The third kappa shape index (κ3) is 3.89. The number of hydrogen-bond donors (Lipinski definition) is 1. The molecule has 0 aliphatic carbocycles. The average molecular weight is 393 g/mol. The van der Waals surface area contributed by atoms with Gasteiger partial charge in [-0.2, -0.15) is 5.10 Å². The Morgan fingerprint density at radius 1 is 1.17 bits per heavy atom. The van der Waals surface area contributed by atoms with Crippen molar-refractivity contribution in [2.75, 3.05) is 13.1 Å². The van der Waals surface area contributed by atoms with Crippen LogP contribution in [0.3, 0.4) is 0 Å².